The first-order valence-corrected chi connectivity index (χ1v) is 4.81. The number of nitrogens with one attached hydrogen (secondary N) is 2. The minimum atomic E-state index is -0.0829. The fraction of sp³-hybridized carbons (Fsp3) is 0.556. The third-order valence-corrected chi connectivity index (χ3v) is 2.32. The van der Waals surface area contributed by atoms with E-state index >= 15 is 0 Å². The SMILES string of the molecule is O=C(Nc1ccon1)[C@@H]1CCCCN1. The van der Waals surface area contributed by atoms with Crippen molar-refractivity contribution in [2.45, 2.75) is 25.3 Å². The van der Waals surface area contributed by atoms with Crippen LogP contribution in [0.25, 0.3) is 0 Å². The van der Waals surface area contributed by atoms with Gasteiger partial charge in [-0.05, 0) is 19.4 Å². The Labute approximate surface area is 81.8 Å². The van der Waals surface area contributed by atoms with Crippen LogP contribution >= 0.6 is 0 Å². The third kappa shape index (κ3) is 2.11. The van der Waals surface area contributed by atoms with Crippen LogP contribution in [0.15, 0.2) is 16.9 Å². The van der Waals surface area contributed by atoms with Crippen LogP contribution in [0.2, 0.25) is 0 Å². The number of nitrogens with zero attached hydrogens (tertiary/aromatic N) is 1. The molecule has 0 spiro atoms. The molecule has 1 atom stereocenters. The minimum absolute atomic E-state index is 0.0291. The topological polar surface area (TPSA) is 67.2 Å². The second-order valence-electron chi connectivity index (χ2n) is 3.38. The Balaban J connectivity index is 1.88. The number of anilines is 1. The first-order valence-electron chi connectivity index (χ1n) is 4.81. The Morgan fingerprint density at radius 1 is 1.64 bits per heavy atom. The molecule has 2 N–H and O–H groups in total. The van der Waals surface area contributed by atoms with Crippen LogP contribution in [-0.2, 0) is 4.79 Å². The molecular weight excluding hydrogens is 182 g/mol. The molecule has 14 heavy (non-hydrogen) atoms. The lowest BCUT2D eigenvalue weighted by molar-refractivity contribution is -0.118. The Bertz CT molecular complexity index is 291. The molecule has 5 nitrogen and oxygen atoms in total. The predicted octanol–water partition coefficient (Wildman–Crippen LogP) is 0.755. The van der Waals surface area contributed by atoms with Gasteiger partial charge in [0.15, 0.2) is 5.82 Å². The van der Waals surface area contributed by atoms with Crippen molar-refractivity contribution < 1.29 is 9.32 Å². The van der Waals surface area contributed by atoms with Gasteiger partial charge < -0.3 is 15.2 Å². The summed E-state index contributed by atoms with van der Waals surface area (Å²) in [6.45, 7) is 0.914. The Morgan fingerprint density at radius 2 is 2.57 bits per heavy atom. The van der Waals surface area contributed by atoms with E-state index in [0.717, 1.165) is 25.8 Å². The molecule has 1 amide bonds. The Morgan fingerprint density at radius 3 is 3.21 bits per heavy atom. The second kappa shape index (κ2) is 4.23. The van der Waals surface area contributed by atoms with Gasteiger partial charge in [-0.3, -0.25) is 4.79 Å². The van der Waals surface area contributed by atoms with Crippen molar-refractivity contribution in [1.82, 2.24) is 10.5 Å². The number of aromatic nitrogens is 1. The number of piperidine rings is 1. The van der Waals surface area contributed by atoms with Crippen LogP contribution in [0.5, 0.6) is 0 Å². The molecule has 1 aliphatic rings. The van der Waals surface area contributed by atoms with Gasteiger partial charge in [-0.1, -0.05) is 11.6 Å². The quantitative estimate of drug-likeness (QED) is 0.731. The smallest absolute Gasteiger partial charge is 0.242 e. The summed E-state index contributed by atoms with van der Waals surface area (Å²) in [5, 5.41) is 9.46. The van der Waals surface area contributed by atoms with Gasteiger partial charge in [0.25, 0.3) is 0 Å². The molecule has 1 fully saturated rings. The largest absolute Gasteiger partial charge is 0.363 e. The molecule has 0 bridgehead atoms. The molecule has 0 aliphatic carbocycles. The Kier molecular flexibility index (Phi) is 2.78. The van der Waals surface area contributed by atoms with E-state index in [2.05, 4.69) is 20.3 Å². The van der Waals surface area contributed by atoms with Gasteiger partial charge >= 0.3 is 0 Å². The highest BCUT2D eigenvalue weighted by Crippen LogP contribution is 2.09. The van der Waals surface area contributed by atoms with Crippen molar-refractivity contribution >= 4 is 11.7 Å². The summed E-state index contributed by atoms with van der Waals surface area (Å²) in [7, 11) is 0. The van der Waals surface area contributed by atoms with E-state index in [1.165, 1.54) is 6.26 Å². The maximum absolute atomic E-state index is 11.6. The van der Waals surface area contributed by atoms with Gasteiger partial charge in [-0.25, -0.2) is 0 Å². The summed E-state index contributed by atoms with van der Waals surface area (Å²) in [6, 6.07) is 1.54. The van der Waals surface area contributed by atoms with Gasteiger partial charge in [-0.15, -0.1) is 0 Å². The molecule has 0 saturated carbocycles. The molecule has 0 radical (unpaired) electrons. The molecule has 1 aromatic rings. The van der Waals surface area contributed by atoms with Gasteiger partial charge in [0.1, 0.15) is 6.26 Å². The summed E-state index contributed by atoms with van der Waals surface area (Å²) in [5.74, 6) is 0.445. The van der Waals surface area contributed by atoms with Crippen molar-refractivity contribution in [2.24, 2.45) is 0 Å². The van der Waals surface area contributed by atoms with Gasteiger partial charge in [-0.2, -0.15) is 0 Å². The lowest BCUT2D eigenvalue weighted by atomic mass is 10.0. The molecule has 1 saturated heterocycles. The first-order chi connectivity index (χ1) is 6.86. The highest BCUT2D eigenvalue weighted by atomic mass is 16.5. The maximum atomic E-state index is 11.6. The summed E-state index contributed by atoms with van der Waals surface area (Å²) in [5.41, 5.74) is 0. The van der Waals surface area contributed by atoms with Crippen molar-refractivity contribution in [3.8, 4) is 0 Å². The number of hydrogen-bond donors (Lipinski definition) is 2. The number of amides is 1. The molecule has 1 aromatic heterocycles. The second-order valence-corrected chi connectivity index (χ2v) is 3.38. The van der Waals surface area contributed by atoms with E-state index < -0.39 is 0 Å². The summed E-state index contributed by atoms with van der Waals surface area (Å²) in [4.78, 5) is 11.6. The zero-order valence-electron chi connectivity index (χ0n) is 7.82. The van der Waals surface area contributed by atoms with E-state index in [4.69, 9.17) is 0 Å². The molecular formula is C9H13N3O2. The average molecular weight is 195 g/mol. The van der Waals surface area contributed by atoms with Crippen LogP contribution in [0, 0.1) is 0 Å². The van der Waals surface area contributed by atoms with Crippen molar-refractivity contribution in [1.29, 1.82) is 0 Å². The van der Waals surface area contributed by atoms with E-state index in [1.807, 2.05) is 0 Å². The molecule has 0 aromatic carbocycles. The number of hydrogen-bond acceptors (Lipinski definition) is 4. The van der Waals surface area contributed by atoms with Crippen LogP contribution < -0.4 is 10.6 Å². The van der Waals surface area contributed by atoms with Crippen molar-refractivity contribution in [2.75, 3.05) is 11.9 Å². The molecule has 2 rings (SSSR count). The van der Waals surface area contributed by atoms with Crippen molar-refractivity contribution in [3.05, 3.63) is 12.3 Å². The van der Waals surface area contributed by atoms with E-state index in [9.17, 15) is 4.79 Å². The summed E-state index contributed by atoms with van der Waals surface area (Å²) >= 11 is 0. The predicted molar refractivity (Wildman–Crippen MR) is 50.8 cm³/mol. The lowest BCUT2D eigenvalue weighted by Gasteiger charge is -2.21. The van der Waals surface area contributed by atoms with Crippen LogP contribution in [0.1, 0.15) is 19.3 Å². The van der Waals surface area contributed by atoms with Crippen LogP contribution in [0.4, 0.5) is 5.82 Å². The molecule has 1 aliphatic heterocycles. The van der Waals surface area contributed by atoms with Crippen LogP contribution in [0.3, 0.4) is 0 Å². The van der Waals surface area contributed by atoms with Gasteiger partial charge in [0.2, 0.25) is 5.91 Å². The zero-order valence-corrected chi connectivity index (χ0v) is 7.82. The van der Waals surface area contributed by atoms with E-state index in [0.29, 0.717) is 5.82 Å². The Hall–Kier alpha value is -1.36. The third-order valence-electron chi connectivity index (χ3n) is 2.32. The highest BCUT2D eigenvalue weighted by molar-refractivity contribution is 5.93. The molecule has 76 valence electrons. The lowest BCUT2D eigenvalue weighted by Crippen LogP contribution is -2.43. The molecule has 0 unspecified atom stereocenters. The molecule has 5 heteroatoms. The highest BCUT2D eigenvalue weighted by Gasteiger charge is 2.20. The number of rotatable bonds is 2. The maximum Gasteiger partial charge on any atom is 0.242 e. The monoisotopic (exact) mass is 195 g/mol. The standard InChI is InChI=1S/C9H13N3O2/c13-9(7-3-1-2-5-10-7)11-8-4-6-14-12-8/h4,6-7,10H,1-3,5H2,(H,11,12,13)/t7-/m0/s1. The average Bonchev–Trinajstić information content (AvgIpc) is 2.72. The van der Waals surface area contributed by atoms with Crippen LogP contribution in [-0.4, -0.2) is 23.7 Å². The normalized spacial score (nSPS) is 21.9. The fourth-order valence-electron chi connectivity index (χ4n) is 1.57. The van der Waals surface area contributed by atoms with E-state index in [1.54, 1.807) is 6.07 Å². The molecule has 2 heterocycles. The van der Waals surface area contributed by atoms with Crippen molar-refractivity contribution in [3.63, 3.8) is 0 Å². The van der Waals surface area contributed by atoms with Gasteiger partial charge in [0, 0.05) is 6.07 Å². The van der Waals surface area contributed by atoms with E-state index in [-0.39, 0.29) is 11.9 Å². The summed E-state index contributed by atoms with van der Waals surface area (Å²) in [6.07, 6.45) is 4.57. The first kappa shape index (κ1) is 9.21. The number of carbonyl (C=O) groups excluding carboxylic acids is 1. The fourth-order valence-corrected chi connectivity index (χ4v) is 1.57. The number of carbonyl (C=O) groups is 1. The zero-order chi connectivity index (χ0) is 9.80. The van der Waals surface area contributed by atoms with Gasteiger partial charge in [0.05, 0.1) is 6.04 Å². The minimum Gasteiger partial charge on any atom is -0.363 e. The summed E-state index contributed by atoms with van der Waals surface area (Å²) < 4.78 is 4.62.